The SMILES string of the molecule is O=C(NC1CCc2ccccc2C1)c1ccc(N2CCOCC2)cc1. The largest absolute Gasteiger partial charge is 0.378 e. The molecule has 1 amide bonds. The summed E-state index contributed by atoms with van der Waals surface area (Å²) < 4.78 is 5.39. The molecule has 4 rings (SSSR count). The summed E-state index contributed by atoms with van der Waals surface area (Å²) in [6.45, 7) is 3.36. The number of nitrogens with zero attached hydrogens (tertiary/aromatic N) is 1. The summed E-state index contributed by atoms with van der Waals surface area (Å²) in [5.41, 5.74) is 4.67. The van der Waals surface area contributed by atoms with Crippen molar-refractivity contribution in [1.82, 2.24) is 5.32 Å². The van der Waals surface area contributed by atoms with Gasteiger partial charge in [0.2, 0.25) is 0 Å². The van der Waals surface area contributed by atoms with Gasteiger partial charge in [0, 0.05) is 30.4 Å². The number of hydrogen-bond donors (Lipinski definition) is 1. The lowest BCUT2D eigenvalue weighted by atomic mass is 9.88. The molecule has 2 aromatic rings. The van der Waals surface area contributed by atoms with Crippen LogP contribution in [-0.2, 0) is 17.6 Å². The van der Waals surface area contributed by atoms with E-state index in [-0.39, 0.29) is 11.9 Å². The fraction of sp³-hybridized carbons (Fsp3) is 0.381. The number of fused-ring (bicyclic) bond motifs is 1. The van der Waals surface area contributed by atoms with Gasteiger partial charge in [-0.1, -0.05) is 24.3 Å². The summed E-state index contributed by atoms with van der Waals surface area (Å²) >= 11 is 0. The summed E-state index contributed by atoms with van der Waals surface area (Å²) in [6.07, 6.45) is 2.97. The predicted molar refractivity (Wildman–Crippen MR) is 99.2 cm³/mol. The third-order valence-electron chi connectivity index (χ3n) is 5.19. The highest BCUT2D eigenvalue weighted by atomic mass is 16.5. The molecule has 4 heteroatoms. The van der Waals surface area contributed by atoms with E-state index in [2.05, 4.69) is 34.5 Å². The van der Waals surface area contributed by atoms with Crippen molar-refractivity contribution in [2.45, 2.75) is 25.3 Å². The van der Waals surface area contributed by atoms with Gasteiger partial charge in [-0.3, -0.25) is 4.79 Å². The Balaban J connectivity index is 1.38. The smallest absolute Gasteiger partial charge is 0.251 e. The minimum atomic E-state index is 0.0258. The van der Waals surface area contributed by atoms with Gasteiger partial charge < -0.3 is 15.0 Å². The van der Waals surface area contributed by atoms with Gasteiger partial charge in [0.1, 0.15) is 0 Å². The van der Waals surface area contributed by atoms with Crippen LogP contribution >= 0.6 is 0 Å². The molecule has 0 saturated carbocycles. The Morgan fingerprint density at radius 2 is 1.72 bits per heavy atom. The molecule has 130 valence electrons. The summed E-state index contributed by atoms with van der Waals surface area (Å²) in [5, 5.41) is 3.20. The number of rotatable bonds is 3. The lowest BCUT2D eigenvalue weighted by Gasteiger charge is -2.29. The minimum Gasteiger partial charge on any atom is -0.378 e. The molecule has 1 atom stereocenters. The number of nitrogens with one attached hydrogen (secondary N) is 1. The molecule has 2 aliphatic rings. The maximum absolute atomic E-state index is 12.6. The Morgan fingerprint density at radius 1 is 1.00 bits per heavy atom. The number of carbonyl (C=O) groups is 1. The molecule has 25 heavy (non-hydrogen) atoms. The number of benzene rings is 2. The highest BCUT2D eigenvalue weighted by Gasteiger charge is 2.20. The van der Waals surface area contributed by atoms with Crippen molar-refractivity contribution in [3.63, 3.8) is 0 Å². The van der Waals surface area contributed by atoms with E-state index in [9.17, 15) is 4.79 Å². The summed E-state index contributed by atoms with van der Waals surface area (Å²) in [4.78, 5) is 14.9. The number of carbonyl (C=O) groups excluding carboxylic acids is 1. The molecule has 1 heterocycles. The van der Waals surface area contributed by atoms with Gasteiger partial charge in [-0.25, -0.2) is 0 Å². The van der Waals surface area contributed by atoms with Crippen LogP contribution in [0.4, 0.5) is 5.69 Å². The van der Waals surface area contributed by atoms with E-state index in [1.807, 2.05) is 24.3 Å². The Morgan fingerprint density at radius 3 is 2.48 bits per heavy atom. The molecule has 0 radical (unpaired) electrons. The van der Waals surface area contributed by atoms with E-state index in [0.717, 1.165) is 56.8 Å². The van der Waals surface area contributed by atoms with Crippen molar-refractivity contribution in [1.29, 1.82) is 0 Å². The molecular weight excluding hydrogens is 312 g/mol. The summed E-state index contributed by atoms with van der Waals surface area (Å²) in [6, 6.07) is 16.7. The number of hydrogen-bond acceptors (Lipinski definition) is 3. The first kappa shape index (κ1) is 16.2. The molecule has 1 aliphatic carbocycles. The van der Waals surface area contributed by atoms with Crippen LogP contribution in [0.1, 0.15) is 27.9 Å². The van der Waals surface area contributed by atoms with Crippen LogP contribution in [0, 0.1) is 0 Å². The van der Waals surface area contributed by atoms with Gasteiger partial charge in [-0.2, -0.15) is 0 Å². The van der Waals surface area contributed by atoms with E-state index in [4.69, 9.17) is 4.74 Å². The molecule has 1 fully saturated rings. The quantitative estimate of drug-likeness (QED) is 0.937. The maximum Gasteiger partial charge on any atom is 0.251 e. The van der Waals surface area contributed by atoms with Crippen molar-refractivity contribution in [3.8, 4) is 0 Å². The Bertz CT molecular complexity index is 736. The van der Waals surface area contributed by atoms with Crippen LogP contribution in [0.15, 0.2) is 48.5 Å². The van der Waals surface area contributed by atoms with Crippen LogP contribution in [0.2, 0.25) is 0 Å². The van der Waals surface area contributed by atoms with E-state index in [1.165, 1.54) is 11.1 Å². The topological polar surface area (TPSA) is 41.6 Å². The lowest BCUT2D eigenvalue weighted by molar-refractivity contribution is 0.0933. The predicted octanol–water partition coefficient (Wildman–Crippen LogP) is 2.81. The normalized spacial score (nSPS) is 20.0. The van der Waals surface area contributed by atoms with Gasteiger partial charge in [0.25, 0.3) is 5.91 Å². The Kier molecular flexibility index (Phi) is 4.70. The molecule has 0 bridgehead atoms. The van der Waals surface area contributed by atoms with Gasteiger partial charge >= 0.3 is 0 Å². The standard InChI is InChI=1S/C21H24N2O2/c24-21(22-19-8-5-16-3-1-2-4-18(16)15-19)17-6-9-20(10-7-17)23-11-13-25-14-12-23/h1-4,6-7,9-10,19H,5,8,11-15H2,(H,22,24). The Hall–Kier alpha value is -2.33. The molecule has 0 aromatic heterocycles. The molecule has 0 spiro atoms. The van der Waals surface area contributed by atoms with Crippen molar-refractivity contribution < 1.29 is 9.53 Å². The third-order valence-corrected chi connectivity index (χ3v) is 5.19. The fourth-order valence-corrected chi connectivity index (χ4v) is 3.73. The molecule has 2 aromatic carbocycles. The van der Waals surface area contributed by atoms with Crippen LogP contribution in [0.3, 0.4) is 0 Å². The lowest BCUT2D eigenvalue weighted by Crippen LogP contribution is -2.39. The van der Waals surface area contributed by atoms with Gasteiger partial charge in [0.05, 0.1) is 13.2 Å². The molecule has 1 unspecified atom stereocenters. The number of amides is 1. The zero-order chi connectivity index (χ0) is 17.1. The summed E-state index contributed by atoms with van der Waals surface area (Å²) in [5.74, 6) is 0.0258. The maximum atomic E-state index is 12.6. The number of morpholine rings is 1. The highest BCUT2D eigenvalue weighted by molar-refractivity contribution is 5.94. The number of aryl methyl sites for hydroxylation is 1. The second-order valence-electron chi connectivity index (χ2n) is 6.83. The zero-order valence-corrected chi connectivity index (χ0v) is 14.4. The van der Waals surface area contributed by atoms with Crippen LogP contribution < -0.4 is 10.2 Å². The van der Waals surface area contributed by atoms with Gasteiger partial charge in [-0.15, -0.1) is 0 Å². The zero-order valence-electron chi connectivity index (χ0n) is 14.4. The number of anilines is 1. The molecule has 1 saturated heterocycles. The Labute approximate surface area is 148 Å². The van der Waals surface area contributed by atoms with Crippen molar-refractivity contribution >= 4 is 11.6 Å². The average molecular weight is 336 g/mol. The van der Waals surface area contributed by atoms with Crippen molar-refractivity contribution in [2.75, 3.05) is 31.2 Å². The van der Waals surface area contributed by atoms with E-state index in [0.29, 0.717) is 0 Å². The van der Waals surface area contributed by atoms with Crippen LogP contribution in [0.25, 0.3) is 0 Å². The van der Waals surface area contributed by atoms with E-state index in [1.54, 1.807) is 0 Å². The van der Waals surface area contributed by atoms with E-state index >= 15 is 0 Å². The van der Waals surface area contributed by atoms with Crippen LogP contribution in [-0.4, -0.2) is 38.3 Å². The first-order valence-electron chi connectivity index (χ1n) is 9.10. The highest BCUT2D eigenvalue weighted by Crippen LogP contribution is 2.22. The first-order valence-corrected chi connectivity index (χ1v) is 9.10. The van der Waals surface area contributed by atoms with Crippen LogP contribution in [0.5, 0.6) is 0 Å². The molecule has 4 nitrogen and oxygen atoms in total. The third kappa shape index (κ3) is 3.69. The number of ether oxygens (including phenoxy) is 1. The minimum absolute atomic E-state index is 0.0258. The first-order chi connectivity index (χ1) is 12.3. The molecule has 1 N–H and O–H groups in total. The second-order valence-corrected chi connectivity index (χ2v) is 6.83. The summed E-state index contributed by atoms with van der Waals surface area (Å²) in [7, 11) is 0. The fourth-order valence-electron chi connectivity index (χ4n) is 3.73. The molecular formula is C21H24N2O2. The van der Waals surface area contributed by atoms with Crippen molar-refractivity contribution in [3.05, 3.63) is 65.2 Å². The second kappa shape index (κ2) is 7.28. The van der Waals surface area contributed by atoms with E-state index < -0.39 is 0 Å². The molecule has 1 aliphatic heterocycles. The monoisotopic (exact) mass is 336 g/mol. The van der Waals surface area contributed by atoms with Gasteiger partial charge in [0.15, 0.2) is 0 Å². The van der Waals surface area contributed by atoms with Crippen molar-refractivity contribution in [2.24, 2.45) is 0 Å². The van der Waals surface area contributed by atoms with Gasteiger partial charge in [-0.05, 0) is 54.7 Å². The average Bonchev–Trinajstić information content (AvgIpc) is 2.69.